The van der Waals surface area contributed by atoms with Crippen molar-refractivity contribution in [1.82, 2.24) is 19.7 Å². The molecular weight excluding hydrogens is 579 g/mol. The minimum Gasteiger partial charge on any atom is -0.464 e. The predicted octanol–water partition coefficient (Wildman–Crippen LogP) is 2.45. The summed E-state index contributed by atoms with van der Waals surface area (Å²) in [6, 6.07) is 12.2. The zero-order valence-corrected chi connectivity index (χ0v) is 24.9. The Kier molecular flexibility index (Phi) is 8.50. The van der Waals surface area contributed by atoms with Crippen molar-refractivity contribution in [2.24, 2.45) is 5.92 Å². The average molecular weight is 615 g/mol. The number of nitrogen functional groups attached to an aromatic ring is 1. The Morgan fingerprint density at radius 2 is 1.98 bits per heavy atom. The molecule has 3 aromatic rings. The number of nitriles is 1. The van der Waals surface area contributed by atoms with E-state index in [2.05, 4.69) is 15.2 Å². The second kappa shape index (κ2) is 11.8. The number of hydrogen-bond acceptors (Lipinski definition) is 12. The highest BCUT2D eigenvalue weighted by Crippen LogP contribution is 2.62. The fourth-order valence-electron chi connectivity index (χ4n) is 5.28. The van der Waals surface area contributed by atoms with Crippen LogP contribution in [0, 0.1) is 17.2 Å². The number of ether oxygens (including phenoxy) is 2. The third kappa shape index (κ3) is 5.60. The molecule has 5 rings (SSSR count). The molecule has 2 aromatic heterocycles. The Morgan fingerprint density at radius 3 is 2.65 bits per heavy atom. The number of aliphatic hydroxyl groups excluding tert-OH is 2. The van der Waals surface area contributed by atoms with Crippen LogP contribution >= 0.6 is 7.75 Å². The van der Waals surface area contributed by atoms with E-state index in [9.17, 15) is 24.8 Å². The SMILES string of the molecule is CCC(CC)COC(=O)[C@H](C)N[P@@](=O)(Oc1ccccc1)O[C@H]1CC12O[C@@](C#N)(c1ccc3c(N)ncnn13)[C@H](O)[C@@H]2O. The highest BCUT2D eigenvalue weighted by molar-refractivity contribution is 7.52. The zero-order chi connectivity index (χ0) is 31.0. The molecule has 0 amide bonds. The van der Waals surface area contributed by atoms with Gasteiger partial charge in [0.1, 0.15) is 53.6 Å². The summed E-state index contributed by atoms with van der Waals surface area (Å²) >= 11 is 0. The van der Waals surface area contributed by atoms with Gasteiger partial charge in [0.25, 0.3) is 0 Å². The van der Waals surface area contributed by atoms with E-state index in [0.29, 0.717) is 5.52 Å². The molecule has 2 fully saturated rings. The minimum absolute atomic E-state index is 0.0353. The van der Waals surface area contributed by atoms with Crippen molar-refractivity contribution in [3.8, 4) is 11.8 Å². The van der Waals surface area contributed by atoms with Crippen LogP contribution in [0.3, 0.4) is 0 Å². The van der Waals surface area contributed by atoms with Crippen LogP contribution in [-0.2, 0) is 29.0 Å². The molecule has 15 heteroatoms. The van der Waals surface area contributed by atoms with Crippen LogP contribution in [0.4, 0.5) is 5.82 Å². The van der Waals surface area contributed by atoms with Gasteiger partial charge in [-0.25, -0.2) is 14.1 Å². The largest absolute Gasteiger partial charge is 0.464 e. The fraction of sp³-hybridized carbons (Fsp3) is 0.500. The molecule has 14 nitrogen and oxygen atoms in total. The second-order valence-electron chi connectivity index (χ2n) is 10.8. The molecule has 3 heterocycles. The summed E-state index contributed by atoms with van der Waals surface area (Å²) in [5.74, 6) is -0.112. The van der Waals surface area contributed by atoms with Gasteiger partial charge < -0.3 is 29.9 Å². The van der Waals surface area contributed by atoms with Crippen molar-refractivity contribution in [2.45, 2.75) is 75.6 Å². The molecule has 0 radical (unpaired) electrons. The van der Waals surface area contributed by atoms with Crippen molar-refractivity contribution in [3.05, 3.63) is 54.5 Å². The number of nitrogens with zero attached hydrogens (tertiary/aromatic N) is 4. The summed E-state index contributed by atoms with van der Waals surface area (Å²) in [7, 11) is -4.34. The molecule has 43 heavy (non-hydrogen) atoms. The first kappa shape index (κ1) is 30.9. The molecule has 1 saturated carbocycles. The van der Waals surface area contributed by atoms with E-state index in [4.69, 9.17) is 24.3 Å². The Hall–Kier alpha value is -3.57. The maximum absolute atomic E-state index is 14.1. The molecule has 5 N–H and O–H groups in total. The summed E-state index contributed by atoms with van der Waals surface area (Å²) in [5.41, 5.74) is 2.73. The van der Waals surface area contributed by atoms with Gasteiger partial charge in [0, 0.05) is 6.42 Å². The lowest BCUT2D eigenvalue weighted by molar-refractivity contribution is -0.146. The molecule has 0 bridgehead atoms. The van der Waals surface area contributed by atoms with Crippen LogP contribution in [0.25, 0.3) is 5.52 Å². The topological polar surface area (TPSA) is 204 Å². The Balaban J connectivity index is 1.39. The number of nitrogens with two attached hydrogens (primary N) is 1. The number of benzene rings is 1. The van der Waals surface area contributed by atoms with Crippen LogP contribution < -0.4 is 15.3 Å². The van der Waals surface area contributed by atoms with Gasteiger partial charge >= 0.3 is 13.7 Å². The zero-order valence-electron chi connectivity index (χ0n) is 24.0. The number of rotatable bonds is 12. The van der Waals surface area contributed by atoms with Crippen LogP contribution in [0.15, 0.2) is 48.8 Å². The molecule has 1 spiro atoms. The molecular formula is C28H35N6O8P. The first-order valence-corrected chi connectivity index (χ1v) is 15.6. The highest BCUT2D eigenvalue weighted by Gasteiger charge is 2.76. The monoisotopic (exact) mass is 614 g/mol. The van der Waals surface area contributed by atoms with Gasteiger partial charge in [-0.1, -0.05) is 44.9 Å². The number of fused-ring (bicyclic) bond motifs is 1. The van der Waals surface area contributed by atoms with Crippen LogP contribution in [0.1, 0.15) is 45.7 Å². The minimum atomic E-state index is -4.34. The summed E-state index contributed by atoms with van der Waals surface area (Å²) in [4.78, 5) is 16.7. The van der Waals surface area contributed by atoms with Gasteiger partial charge in [0.15, 0.2) is 5.82 Å². The van der Waals surface area contributed by atoms with Crippen molar-refractivity contribution >= 4 is 25.1 Å². The van der Waals surface area contributed by atoms with Gasteiger partial charge in [0.2, 0.25) is 5.60 Å². The van der Waals surface area contributed by atoms with Gasteiger partial charge in [-0.2, -0.15) is 15.4 Å². The third-order valence-electron chi connectivity index (χ3n) is 8.04. The van der Waals surface area contributed by atoms with E-state index < -0.39 is 49.3 Å². The lowest BCUT2D eigenvalue weighted by Gasteiger charge is -2.25. The van der Waals surface area contributed by atoms with E-state index in [0.717, 1.165) is 12.8 Å². The smallest absolute Gasteiger partial charge is 0.459 e. The molecule has 2 aliphatic rings. The van der Waals surface area contributed by atoms with E-state index in [-0.39, 0.29) is 36.2 Å². The number of aliphatic hydroxyl groups is 2. The molecule has 1 unspecified atom stereocenters. The first-order valence-electron chi connectivity index (χ1n) is 14.1. The summed E-state index contributed by atoms with van der Waals surface area (Å²) in [6.07, 6.45) is -1.61. The van der Waals surface area contributed by atoms with Crippen molar-refractivity contribution in [2.75, 3.05) is 12.3 Å². The van der Waals surface area contributed by atoms with Gasteiger partial charge in [-0.05, 0) is 37.1 Å². The lowest BCUT2D eigenvalue weighted by atomic mass is 9.92. The summed E-state index contributed by atoms with van der Waals surface area (Å²) in [6.45, 7) is 5.70. The summed E-state index contributed by atoms with van der Waals surface area (Å²) in [5, 5.41) is 39.4. The number of aromatic nitrogens is 3. The maximum atomic E-state index is 14.1. The molecule has 230 valence electrons. The number of carbonyl (C=O) groups is 1. The number of nitrogens with one attached hydrogen (secondary N) is 1. The predicted molar refractivity (Wildman–Crippen MR) is 152 cm³/mol. The lowest BCUT2D eigenvalue weighted by Crippen LogP contribution is -2.41. The third-order valence-corrected chi connectivity index (χ3v) is 9.73. The van der Waals surface area contributed by atoms with Crippen LogP contribution in [0.5, 0.6) is 5.75 Å². The number of hydrogen-bond donors (Lipinski definition) is 4. The highest BCUT2D eigenvalue weighted by atomic mass is 31.2. The number of esters is 1. The van der Waals surface area contributed by atoms with Gasteiger partial charge in [0.05, 0.1) is 12.3 Å². The van der Waals surface area contributed by atoms with Crippen molar-refractivity contribution < 1.29 is 38.1 Å². The Labute approximate surface area is 248 Å². The number of anilines is 1. The Morgan fingerprint density at radius 1 is 1.26 bits per heavy atom. The van der Waals surface area contributed by atoms with Gasteiger partial charge in [-0.15, -0.1) is 0 Å². The maximum Gasteiger partial charge on any atom is 0.459 e. The quantitative estimate of drug-likeness (QED) is 0.171. The average Bonchev–Trinajstić information content (AvgIpc) is 3.37. The molecule has 1 aromatic carbocycles. The van der Waals surface area contributed by atoms with E-state index in [1.54, 1.807) is 36.4 Å². The van der Waals surface area contributed by atoms with Crippen LogP contribution in [0.2, 0.25) is 0 Å². The van der Waals surface area contributed by atoms with E-state index in [1.807, 2.05) is 19.9 Å². The standard InChI is InChI=1S/C28H35N6O8P/c1-4-18(5-2)14-39-26(37)17(3)33-43(38,40-19-9-7-6-8-10-19)41-22-13-27(22)23(35)24(36)28(15-29,42-27)21-12-11-20-25(30)31-16-32-34(20)21/h6-12,16-18,22-24,35-36H,4-5,13-14H2,1-3H3,(H,33,38)(H2,30,31,32)/t17-,22-,23-,24+,27?,28-,43+/m0/s1. The van der Waals surface area contributed by atoms with E-state index in [1.165, 1.54) is 23.8 Å². The fourth-order valence-corrected chi connectivity index (χ4v) is 7.00. The Bertz CT molecular complexity index is 1560. The number of para-hydroxylation sites is 1. The molecule has 1 aliphatic heterocycles. The van der Waals surface area contributed by atoms with Crippen molar-refractivity contribution in [1.29, 1.82) is 5.26 Å². The van der Waals surface area contributed by atoms with Gasteiger partial charge in [-0.3, -0.25) is 9.32 Å². The summed E-state index contributed by atoms with van der Waals surface area (Å²) < 4.78 is 38.7. The number of carbonyl (C=O) groups excluding carboxylic acids is 1. The normalized spacial score (nSPS) is 28.4. The second-order valence-corrected chi connectivity index (χ2v) is 12.5. The molecule has 1 saturated heterocycles. The van der Waals surface area contributed by atoms with Crippen molar-refractivity contribution in [3.63, 3.8) is 0 Å². The van der Waals surface area contributed by atoms with E-state index >= 15 is 0 Å². The van der Waals surface area contributed by atoms with Crippen LogP contribution in [-0.4, -0.2) is 67.3 Å². The molecule has 1 aliphatic carbocycles. The molecule has 7 atom stereocenters. The first-order chi connectivity index (χ1) is 20.5.